The van der Waals surface area contributed by atoms with Gasteiger partial charge in [-0.2, -0.15) is 5.10 Å². The number of amides is 2. The third-order valence-corrected chi connectivity index (χ3v) is 5.24. The Bertz CT molecular complexity index is 950. The quantitative estimate of drug-likeness (QED) is 0.753. The van der Waals surface area contributed by atoms with Crippen LogP contribution in [0, 0.1) is 19.8 Å². The van der Waals surface area contributed by atoms with Gasteiger partial charge in [0.25, 0.3) is 5.91 Å². The van der Waals surface area contributed by atoms with E-state index in [0.29, 0.717) is 11.4 Å². The summed E-state index contributed by atoms with van der Waals surface area (Å²) < 4.78 is 6.85. The van der Waals surface area contributed by atoms with Gasteiger partial charge < -0.3 is 15.0 Å². The zero-order valence-electron chi connectivity index (χ0n) is 17.2. The molecule has 29 heavy (non-hydrogen) atoms. The second kappa shape index (κ2) is 8.46. The first-order valence-corrected chi connectivity index (χ1v) is 9.66. The first kappa shape index (κ1) is 20.6. The summed E-state index contributed by atoms with van der Waals surface area (Å²) >= 11 is 0. The summed E-state index contributed by atoms with van der Waals surface area (Å²) in [6.07, 6.45) is 0.877. The van der Waals surface area contributed by atoms with Gasteiger partial charge in [-0.1, -0.05) is 25.1 Å². The number of benzene rings is 1. The summed E-state index contributed by atoms with van der Waals surface area (Å²) in [6, 6.07) is 7.66. The van der Waals surface area contributed by atoms with Crippen LogP contribution >= 0.6 is 0 Å². The molecular weight excluding hydrogens is 372 g/mol. The van der Waals surface area contributed by atoms with Gasteiger partial charge in [-0.3, -0.25) is 19.1 Å². The fourth-order valence-electron chi connectivity index (χ4n) is 3.56. The van der Waals surface area contributed by atoms with E-state index in [0.717, 1.165) is 23.4 Å². The molecule has 1 fully saturated rings. The Kier molecular flexibility index (Phi) is 6.00. The van der Waals surface area contributed by atoms with Crippen molar-refractivity contribution in [2.75, 3.05) is 23.4 Å². The maximum atomic E-state index is 12.4. The SMILES string of the molecule is CCc1ccccc1N1C[C@@H](C(=O)OCC(=O)Nc2c(C)nn(C)c2C)CC1=O. The van der Waals surface area contributed by atoms with Gasteiger partial charge in [-0.05, 0) is 31.9 Å². The third kappa shape index (κ3) is 4.31. The van der Waals surface area contributed by atoms with Crippen LogP contribution in [-0.2, 0) is 32.6 Å². The number of carbonyl (C=O) groups is 3. The third-order valence-electron chi connectivity index (χ3n) is 5.24. The summed E-state index contributed by atoms with van der Waals surface area (Å²) in [7, 11) is 1.79. The van der Waals surface area contributed by atoms with Gasteiger partial charge in [-0.25, -0.2) is 0 Å². The van der Waals surface area contributed by atoms with Crippen LogP contribution in [0.5, 0.6) is 0 Å². The van der Waals surface area contributed by atoms with Crippen molar-refractivity contribution in [1.29, 1.82) is 0 Å². The van der Waals surface area contributed by atoms with Crippen LogP contribution < -0.4 is 10.2 Å². The predicted molar refractivity (Wildman–Crippen MR) is 109 cm³/mol. The van der Waals surface area contributed by atoms with E-state index in [1.54, 1.807) is 23.6 Å². The standard InChI is InChI=1S/C21H26N4O4/c1-5-15-8-6-7-9-17(15)25-11-16(10-19(25)27)21(28)29-12-18(26)22-20-13(2)23-24(4)14(20)3/h6-9,16H,5,10-12H2,1-4H3,(H,22,26)/t16-/m0/s1. The number of hydrogen-bond acceptors (Lipinski definition) is 5. The number of ether oxygens (including phenoxy) is 1. The molecule has 0 unspecified atom stereocenters. The number of aromatic nitrogens is 2. The lowest BCUT2D eigenvalue weighted by Gasteiger charge is -2.19. The van der Waals surface area contributed by atoms with E-state index in [9.17, 15) is 14.4 Å². The van der Waals surface area contributed by atoms with Gasteiger partial charge >= 0.3 is 5.97 Å². The number of esters is 1. The minimum absolute atomic E-state index is 0.0827. The lowest BCUT2D eigenvalue weighted by Crippen LogP contribution is -2.28. The Balaban J connectivity index is 1.57. The second-order valence-corrected chi connectivity index (χ2v) is 7.21. The van der Waals surface area contributed by atoms with E-state index in [1.807, 2.05) is 38.1 Å². The first-order chi connectivity index (χ1) is 13.8. The van der Waals surface area contributed by atoms with Crippen molar-refractivity contribution in [1.82, 2.24) is 9.78 Å². The van der Waals surface area contributed by atoms with E-state index in [1.165, 1.54) is 0 Å². The molecule has 0 spiro atoms. The molecular formula is C21H26N4O4. The van der Waals surface area contributed by atoms with Crippen molar-refractivity contribution in [2.24, 2.45) is 13.0 Å². The van der Waals surface area contributed by atoms with E-state index >= 15 is 0 Å². The molecule has 0 radical (unpaired) electrons. The number of rotatable bonds is 6. The van der Waals surface area contributed by atoms with E-state index < -0.39 is 24.4 Å². The van der Waals surface area contributed by atoms with Crippen molar-refractivity contribution in [3.8, 4) is 0 Å². The molecule has 0 saturated carbocycles. The molecule has 8 heteroatoms. The van der Waals surface area contributed by atoms with Crippen molar-refractivity contribution in [3.05, 3.63) is 41.2 Å². The van der Waals surface area contributed by atoms with Crippen LogP contribution in [-0.4, -0.2) is 40.7 Å². The number of carbonyl (C=O) groups excluding carboxylic acids is 3. The molecule has 1 aliphatic heterocycles. The molecule has 2 aromatic rings. The summed E-state index contributed by atoms with van der Waals surface area (Å²) in [5.74, 6) is -1.67. The number of anilines is 2. The van der Waals surface area contributed by atoms with Crippen LogP contribution in [0.4, 0.5) is 11.4 Å². The number of nitrogens with zero attached hydrogens (tertiary/aromatic N) is 3. The molecule has 1 aromatic heterocycles. The Morgan fingerprint density at radius 1 is 1.28 bits per heavy atom. The fraction of sp³-hybridized carbons (Fsp3) is 0.429. The molecule has 1 saturated heterocycles. The molecule has 0 bridgehead atoms. The normalized spacial score (nSPS) is 16.2. The number of para-hydroxylation sites is 1. The maximum absolute atomic E-state index is 12.4. The highest BCUT2D eigenvalue weighted by Crippen LogP contribution is 2.29. The van der Waals surface area contributed by atoms with Gasteiger partial charge in [-0.15, -0.1) is 0 Å². The summed E-state index contributed by atoms with van der Waals surface area (Å²) in [5, 5.41) is 6.96. The van der Waals surface area contributed by atoms with Crippen LogP contribution in [0.2, 0.25) is 0 Å². The molecule has 1 atom stereocenters. The van der Waals surface area contributed by atoms with Crippen molar-refractivity contribution in [2.45, 2.75) is 33.6 Å². The zero-order valence-corrected chi connectivity index (χ0v) is 17.2. The van der Waals surface area contributed by atoms with Crippen LogP contribution in [0.15, 0.2) is 24.3 Å². The monoisotopic (exact) mass is 398 g/mol. The Labute approximate surface area is 169 Å². The second-order valence-electron chi connectivity index (χ2n) is 7.21. The average molecular weight is 398 g/mol. The van der Waals surface area contributed by atoms with Crippen molar-refractivity contribution < 1.29 is 19.1 Å². The summed E-state index contributed by atoms with van der Waals surface area (Å²) in [5.41, 5.74) is 4.00. The summed E-state index contributed by atoms with van der Waals surface area (Å²) in [4.78, 5) is 38.7. The van der Waals surface area contributed by atoms with Crippen molar-refractivity contribution >= 4 is 29.2 Å². The molecule has 8 nitrogen and oxygen atoms in total. The van der Waals surface area contributed by atoms with E-state index in [-0.39, 0.29) is 18.9 Å². The van der Waals surface area contributed by atoms with Crippen LogP contribution in [0.1, 0.15) is 30.3 Å². The highest BCUT2D eigenvalue weighted by molar-refractivity contribution is 6.00. The lowest BCUT2D eigenvalue weighted by molar-refractivity contribution is -0.151. The van der Waals surface area contributed by atoms with Gasteiger partial charge in [0.05, 0.1) is 23.0 Å². The van der Waals surface area contributed by atoms with Crippen molar-refractivity contribution in [3.63, 3.8) is 0 Å². The lowest BCUT2D eigenvalue weighted by atomic mass is 10.1. The number of aryl methyl sites for hydroxylation is 3. The molecule has 0 aliphatic carbocycles. The minimum atomic E-state index is -0.581. The first-order valence-electron chi connectivity index (χ1n) is 9.66. The largest absolute Gasteiger partial charge is 0.455 e. The Morgan fingerprint density at radius 2 is 2.00 bits per heavy atom. The van der Waals surface area contributed by atoms with E-state index in [4.69, 9.17) is 4.74 Å². The zero-order chi connectivity index (χ0) is 21.1. The summed E-state index contributed by atoms with van der Waals surface area (Å²) in [6.45, 7) is 5.52. The minimum Gasteiger partial charge on any atom is -0.455 e. The molecule has 2 heterocycles. The number of nitrogens with one attached hydrogen (secondary N) is 1. The molecule has 1 aromatic carbocycles. The van der Waals surface area contributed by atoms with Crippen LogP contribution in [0.3, 0.4) is 0 Å². The number of hydrogen-bond donors (Lipinski definition) is 1. The Morgan fingerprint density at radius 3 is 2.66 bits per heavy atom. The maximum Gasteiger partial charge on any atom is 0.311 e. The van der Waals surface area contributed by atoms with E-state index in [2.05, 4.69) is 10.4 Å². The molecule has 1 N–H and O–H groups in total. The van der Waals surface area contributed by atoms with Crippen LogP contribution in [0.25, 0.3) is 0 Å². The highest BCUT2D eigenvalue weighted by atomic mass is 16.5. The highest BCUT2D eigenvalue weighted by Gasteiger charge is 2.37. The van der Waals surface area contributed by atoms with Gasteiger partial charge in [0, 0.05) is 25.7 Å². The predicted octanol–water partition coefficient (Wildman–Crippen LogP) is 2.13. The molecule has 1 aliphatic rings. The van der Waals surface area contributed by atoms with Gasteiger partial charge in [0.1, 0.15) is 0 Å². The molecule has 154 valence electrons. The fourth-order valence-corrected chi connectivity index (χ4v) is 3.56. The van der Waals surface area contributed by atoms with Gasteiger partial charge in [0.2, 0.25) is 5.91 Å². The molecule has 3 rings (SSSR count). The molecule has 2 amide bonds. The smallest absolute Gasteiger partial charge is 0.311 e. The topological polar surface area (TPSA) is 93.5 Å². The Hall–Kier alpha value is -3.16. The average Bonchev–Trinajstić information content (AvgIpc) is 3.20. The van der Waals surface area contributed by atoms with Gasteiger partial charge in [0.15, 0.2) is 6.61 Å².